The number of hydrogen-bond donors (Lipinski definition) is 1. The van der Waals surface area contributed by atoms with Gasteiger partial charge in [0.25, 0.3) is 0 Å². The van der Waals surface area contributed by atoms with Crippen molar-refractivity contribution < 1.29 is 13.2 Å². The number of nitrogens with zero attached hydrogens (tertiary/aromatic N) is 2. The molecule has 0 aliphatic heterocycles. The van der Waals surface area contributed by atoms with Crippen molar-refractivity contribution in [3.8, 4) is 0 Å². The van der Waals surface area contributed by atoms with Gasteiger partial charge in [-0.05, 0) is 12.1 Å². The molecule has 120 valence electrons. The van der Waals surface area contributed by atoms with Gasteiger partial charge in [-0.2, -0.15) is 13.2 Å². The molecular weight excluding hydrogens is 311 g/mol. The quantitative estimate of drug-likeness (QED) is 0.897. The molecule has 7 heteroatoms. The van der Waals surface area contributed by atoms with Crippen LogP contribution in [0.1, 0.15) is 37.0 Å². The minimum Gasteiger partial charge on any atom is -0.370 e. The molecule has 0 unspecified atom stereocenters. The maximum atomic E-state index is 12.4. The third-order valence-corrected chi connectivity index (χ3v) is 4.29. The number of nitrogens with one attached hydrogen (secondary N) is 1. The maximum absolute atomic E-state index is 12.4. The Morgan fingerprint density at radius 3 is 2.41 bits per heavy atom. The first kappa shape index (κ1) is 16.7. The molecule has 3 nitrogen and oxygen atoms in total. The largest absolute Gasteiger partial charge is 0.417 e. The molecule has 2 rings (SSSR count). The van der Waals surface area contributed by atoms with Gasteiger partial charge in [-0.3, -0.25) is 0 Å². The normalized spacial score (nSPS) is 12.5. The summed E-state index contributed by atoms with van der Waals surface area (Å²) in [7, 11) is 0. The average Bonchev–Trinajstić information content (AvgIpc) is 2.87. The number of rotatable bonds is 4. The molecule has 0 amide bonds. The lowest BCUT2D eigenvalue weighted by molar-refractivity contribution is -0.137. The first-order chi connectivity index (χ1) is 10.2. The van der Waals surface area contributed by atoms with Crippen molar-refractivity contribution in [3.63, 3.8) is 0 Å². The highest BCUT2D eigenvalue weighted by molar-refractivity contribution is 7.09. The van der Waals surface area contributed by atoms with Gasteiger partial charge in [0.15, 0.2) is 0 Å². The van der Waals surface area contributed by atoms with Crippen LogP contribution in [-0.4, -0.2) is 16.5 Å². The zero-order chi connectivity index (χ0) is 16.4. The van der Waals surface area contributed by atoms with Crippen molar-refractivity contribution in [1.82, 2.24) is 9.97 Å². The lowest BCUT2D eigenvalue weighted by atomic mass is 9.98. The van der Waals surface area contributed by atoms with E-state index in [1.54, 1.807) is 11.3 Å². The molecule has 0 saturated carbocycles. The topological polar surface area (TPSA) is 37.8 Å². The summed E-state index contributed by atoms with van der Waals surface area (Å²) in [5, 5.41) is 6.10. The second kappa shape index (κ2) is 6.24. The standard InChI is InChI=1S/C15H18F3N3S/c1-14(2,3)13-21-11(9-22-13)6-7-19-12-5-4-10(8-20-12)15(16,17)18/h4-5,8-9H,6-7H2,1-3H3,(H,19,20). The minimum atomic E-state index is -4.35. The van der Waals surface area contributed by atoms with E-state index in [0.29, 0.717) is 18.8 Å². The fraction of sp³-hybridized carbons (Fsp3) is 0.467. The maximum Gasteiger partial charge on any atom is 0.417 e. The Morgan fingerprint density at radius 2 is 1.91 bits per heavy atom. The number of thiazole rings is 1. The van der Waals surface area contributed by atoms with E-state index in [1.807, 2.05) is 5.38 Å². The van der Waals surface area contributed by atoms with Crippen molar-refractivity contribution in [2.45, 2.75) is 38.8 Å². The Morgan fingerprint density at radius 1 is 1.18 bits per heavy atom. The third kappa shape index (κ3) is 4.43. The number of hydrogen-bond acceptors (Lipinski definition) is 4. The SMILES string of the molecule is CC(C)(C)c1nc(CCNc2ccc(C(F)(F)F)cn2)cs1. The van der Waals surface area contributed by atoms with E-state index in [1.165, 1.54) is 6.07 Å². The Balaban J connectivity index is 1.87. The number of pyridine rings is 1. The van der Waals surface area contributed by atoms with E-state index >= 15 is 0 Å². The fourth-order valence-electron chi connectivity index (χ4n) is 1.75. The van der Waals surface area contributed by atoms with Gasteiger partial charge in [-0.1, -0.05) is 20.8 Å². The fourth-order valence-corrected chi connectivity index (χ4v) is 2.69. The van der Waals surface area contributed by atoms with Crippen LogP contribution in [0.2, 0.25) is 0 Å². The Hall–Kier alpha value is -1.63. The van der Waals surface area contributed by atoms with E-state index in [-0.39, 0.29) is 5.41 Å². The van der Waals surface area contributed by atoms with Crippen molar-refractivity contribution in [2.75, 3.05) is 11.9 Å². The molecule has 0 aliphatic carbocycles. The van der Waals surface area contributed by atoms with Crippen molar-refractivity contribution in [2.24, 2.45) is 0 Å². The van der Waals surface area contributed by atoms with Crippen LogP contribution in [-0.2, 0) is 18.0 Å². The van der Waals surface area contributed by atoms with Crippen molar-refractivity contribution in [1.29, 1.82) is 0 Å². The molecule has 0 saturated heterocycles. The van der Waals surface area contributed by atoms with Crippen LogP contribution < -0.4 is 5.32 Å². The van der Waals surface area contributed by atoms with E-state index in [0.717, 1.165) is 23.0 Å². The number of anilines is 1. The highest BCUT2D eigenvalue weighted by Crippen LogP contribution is 2.29. The van der Waals surface area contributed by atoms with Gasteiger partial charge in [0, 0.05) is 30.0 Å². The van der Waals surface area contributed by atoms with Gasteiger partial charge in [0.05, 0.1) is 16.3 Å². The molecule has 2 heterocycles. The predicted octanol–water partition coefficient (Wildman–Crippen LogP) is 4.51. The van der Waals surface area contributed by atoms with Gasteiger partial charge in [-0.15, -0.1) is 11.3 Å². The number of alkyl halides is 3. The molecule has 0 fully saturated rings. The Labute approximate surface area is 131 Å². The summed E-state index contributed by atoms with van der Waals surface area (Å²) in [5.74, 6) is 0.430. The van der Waals surface area contributed by atoms with E-state index < -0.39 is 11.7 Å². The van der Waals surface area contributed by atoms with Crippen LogP contribution in [0.25, 0.3) is 0 Å². The van der Waals surface area contributed by atoms with Gasteiger partial charge in [-0.25, -0.2) is 9.97 Å². The van der Waals surface area contributed by atoms with Crippen LogP contribution in [0.5, 0.6) is 0 Å². The minimum absolute atomic E-state index is 0.0331. The summed E-state index contributed by atoms with van der Waals surface area (Å²) in [6.07, 6.45) is -2.81. The number of halogens is 3. The van der Waals surface area contributed by atoms with Crippen molar-refractivity contribution >= 4 is 17.2 Å². The third-order valence-electron chi connectivity index (χ3n) is 2.97. The lowest BCUT2D eigenvalue weighted by Gasteiger charge is -2.13. The molecule has 2 aromatic rings. The van der Waals surface area contributed by atoms with Crippen LogP contribution in [0.3, 0.4) is 0 Å². The smallest absolute Gasteiger partial charge is 0.370 e. The van der Waals surface area contributed by atoms with Crippen LogP contribution in [0.15, 0.2) is 23.7 Å². The molecule has 0 aromatic carbocycles. The second-order valence-electron chi connectivity index (χ2n) is 6.00. The zero-order valence-corrected chi connectivity index (χ0v) is 13.5. The molecule has 0 radical (unpaired) electrons. The van der Waals surface area contributed by atoms with E-state index in [9.17, 15) is 13.2 Å². The summed E-state index contributed by atoms with van der Waals surface area (Å²) < 4.78 is 37.3. The number of aromatic nitrogens is 2. The summed E-state index contributed by atoms with van der Waals surface area (Å²) in [6.45, 7) is 6.91. The summed E-state index contributed by atoms with van der Waals surface area (Å²) >= 11 is 1.63. The van der Waals surface area contributed by atoms with E-state index in [4.69, 9.17) is 0 Å². The van der Waals surface area contributed by atoms with Gasteiger partial charge >= 0.3 is 6.18 Å². The highest BCUT2D eigenvalue weighted by atomic mass is 32.1. The summed E-state index contributed by atoms with van der Waals surface area (Å²) in [4.78, 5) is 8.34. The zero-order valence-electron chi connectivity index (χ0n) is 12.7. The van der Waals surface area contributed by atoms with Crippen LogP contribution in [0.4, 0.5) is 19.0 Å². The second-order valence-corrected chi connectivity index (χ2v) is 6.86. The first-order valence-electron chi connectivity index (χ1n) is 6.88. The van der Waals surface area contributed by atoms with Crippen LogP contribution >= 0.6 is 11.3 Å². The average molecular weight is 329 g/mol. The lowest BCUT2D eigenvalue weighted by Crippen LogP contribution is -2.11. The van der Waals surface area contributed by atoms with Gasteiger partial charge in [0.2, 0.25) is 0 Å². The molecule has 0 aliphatic rings. The molecular formula is C15H18F3N3S. The molecule has 1 N–H and O–H groups in total. The molecule has 2 aromatic heterocycles. The Bertz CT molecular complexity index is 612. The van der Waals surface area contributed by atoms with Gasteiger partial charge < -0.3 is 5.32 Å². The molecule has 0 spiro atoms. The summed E-state index contributed by atoms with van der Waals surface area (Å²) in [6, 6.07) is 2.36. The molecule has 0 atom stereocenters. The molecule has 22 heavy (non-hydrogen) atoms. The van der Waals surface area contributed by atoms with Crippen LogP contribution in [0, 0.1) is 0 Å². The predicted molar refractivity (Wildman–Crippen MR) is 82.2 cm³/mol. The summed E-state index contributed by atoms with van der Waals surface area (Å²) in [5.41, 5.74) is 0.271. The Kier molecular flexibility index (Phi) is 4.75. The van der Waals surface area contributed by atoms with Crippen molar-refractivity contribution in [3.05, 3.63) is 40.0 Å². The van der Waals surface area contributed by atoms with Gasteiger partial charge in [0.1, 0.15) is 5.82 Å². The monoisotopic (exact) mass is 329 g/mol. The highest BCUT2D eigenvalue weighted by Gasteiger charge is 2.30. The first-order valence-corrected chi connectivity index (χ1v) is 7.76. The van der Waals surface area contributed by atoms with E-state index in [2.05, 4.69) is 36.1 Å². The molecule has 0 bridgehead atoms.